The summed E-state index contributed by atoms with van der Waals surface area (Å²) in [6.07, 6.45) is -0.0339. The maximum atomic E-state index is 12.9. The topological polar surface area (TPSA) is 83.6 Å². The lowest BCUT2D eigenvalue weighted by Crippen LogP contribution is -2.37. The van der Waals surface area contributed by atoms with Gasteiger partial charge in [-0.1, -0.05) is 33.6 Å². The lowest BCUT2D eigenvalue weighted by atomic mass is 10.1. The van der Waals surface area contributed by atoms with Crippen LogP contribution in [0.1, 0.15) is 22.3 Å². The first-order valence-electron chi connectivity index (χ1n) is 7.97. The molecule has 8 heteroatoms. The van der Waals surface area contributed by atoms with E-state index in [1.54, 1.807) is 30.3 Å². The molecule has 3 rings (SSSR count). The molecule has 0 radical (unpaired) electrons. The summed E-state index contributed by atoms with van der Waals surface area (Å²) < 4.78 is 27.6. The van der Waals surface area contributed by atoms with Crippen molar-refractivity contribution < 1.29 is 18.0 Å². The van der Waals surface area contributed by atoms with E-state index in [4.69, 9.17) is 0 Å². The number of carbonyl (C=O) groups excluding carboxylic acids is 2. The van der Waals surface area contributed by atoms with Crippen molar-refractivity contribution in [2.75, 3.05) is 18.4 Å². The van der Waals surface area contributed by atoms with Gasteiger partial charge >= 0.3 is 0 Å². The predicted molar refractivity (Wildman–Crippen MR) is 102 cm³/mol. The number of hydrogen-bond acceptors (Lipinski definition) is 4. The number of carbonyl (C=O) groups is 2. The van der Waals surface area contributed by atoms with Gasteiger partial charge in [0, 0.05) is 23.0 Å². The lowest BCUT2D eigenvalue weighted by molar-refractivity contribution is -0.116. The monoisotopic (exact) mass is 436 g/mol. The molecule has 1 amide bonds. The number of halogens is 1. The Hall–Kier alpha value is -2.03. The molecule has 26 heavy (non-hydrogen) atoms. The molecule has 2 aromatic carbocycles. The van der Waals surface area contributed by atoms with Crippen molar-refractivity contribution >= 4 is 43.3 Å². The zero-order valence-corrected chi connectivity index (χ0v) is 16.4. The van der Waals surface area contributed by atoms with Crippen molar-refractivity contribution in [3.63, 3.8) is 0 Å². The zero-order chi connectivity index (χ0) is 18.9. The molecule has 0 saturated carbocycles. The van der Waals surface area contributed by atoms with E-state index in [2.05, 4.69) is 21.2 Å². The second-order valence-corrected chi connectivity index (χ2v) is 8.92. The number of nitrogens with zero attached hydrogens (tertiary/aromatic N) is 1. The van der Waals surface area contributed by atoms with Gasteiger partial charge in [0.1, 0.15) is 0 Å². The molecule has 0 aromatic heterocycles. The summed E-state index contributed by atoms with van der Waals surface area (Å²) in [5, 5.41) is 2.68. The quantitative estimate of drug-likeness (QED) is 0.783. The number of rotatable bonds is 2. The van der Waals surface area contributed by atoms with Crippen molar-refractivity contribution in [3.05, 3.63) is 58.1 Å². The smallest absolute Gasteiger partial charge is 0.243 e. The number of benzene rings is 2. The number of anilines is 1. The number of fused-ring (bicyclic) bond motifs is 1. The molecule has 0 unspecified atom stereocenters. The predicted octanol–water partition coefficient (Wildman–Crippen LogP) is 2.97. The number of Topliss-reactive ketones (excluding diaryl/α,β-unsaturated/α-hetero) is 1. The Morgan fingerprint density at radius 1 is 1.08 bits per heavy atom. The normalized spacial score (nSPS) is 16.2. The third-order valence-electron chi connectivity index (χ3n) is 4.12. The molecule has 0 atom stereocenters. The number of aryl methyl sites for hydroxylation is 1. The molecule has 1 N–H and O–H groups in total. The van der Waals surface area contributed by atoms with Crippen LogP contribution in [0.3, 0.4) is 0 Å². The van der Waals surface area contributed by atoms with Crippen LogP contribution in [0.15, 0.2) is 51.8 Å². The average Bonchev–Trinajstić information content (AvgIpc) is 2.65. The van der Waals surface area contributed by atoms with E-state index in [1.807, 2.05) is 6.92 Å². The summed E-state index contributed by atoms with van der Waals surface area (Å²) in [5.74, 6) is -0.716. The molecule has 0 spiro atoms. The number of ketones is 1. The van der Waals surface area contributed by atoms with Crippen molar-refractivity contribution in [1.29, 1.82) is 0 Å². The molecule has 1 aliphatic rings. The van der Waals surface area contributed by atoms with E-state index in [0.29, 0.717) is 10.2 Å². The highest BCUT2D eigenvalue weighted by atomic mass is 79.9. The van der Waals surface area contributed by atoms with Crippen molar-refractivity contribution in [2.24, 2.45) is 0 Å². The van der Waals surface area contributed by atoms with E-state index >= 15 is 0 Å². The van der Waals surface area contributed by atoms with E-state index < -0.39 is 10.0 Å². The maximum absolute atomic E-state index is 12.9. The van der Waals surface area contributed by atoms with E-state index in [-0.39, 0.29) is 41.7 Å². The summed E-state index contributed by atoms with van der Waals surface area (Å²) in [7, 11) is -3.88. The van der Waals surface area contributed by atoms with E-state index in [1.165, 1.54) is 12.1 Å². The number of sulfonamides is 1. The highest BCUT2D eigenvalue weighted by Gasteiger charge is 2.29. The summed E-state index contributed by atoms with van der Waals surface area (Å²) in [4.78, 5) is 25.0. The van der Waals surface area contributed by atoms with Crippen molar-refractivity contribution in [1.82, 2.24) is 4.31 Å². The fourth-order valence-electron chi connectivity index (χ4n) is 2.68. The molecule has 1 aliphatic heterocycles. The molecule has 136 valence electrons. The first-order chi connectivity index (χ1) is 12.3. The van der Waals surface area contributed by atoms with Gasteiger partial charge in [-0.05, 0) is 37.3 Å². The second-order valence-electron chi connectivity index (χ2n) is 6.06. The molecular formula is C18H17BrN2O4S. The Labute approximate surface area is 160 Å². The number of hydrogen-bond donors (Lipinski definition) is 1. The highest BCUT2D eigenvalue weighted by Crippen LogP contribution is 2.25. The molecule has 0 fully saturated rings. The largest absolute Gasteiger partial charge is 0.325 e. The van der Waals surface area contributed by atoms with Gasteiger partial charge in [0.15, 0.2) is 5.78 Å². The standard InChI is InChI=1S/C18H17BrN2O4S/c1-12-2-5-14(6-3-12)26(24,25)21-9-8-18(23)20-16-7-4-13(19)10-15(16)17(22)11-21/h2-7,10H,8-9,11H2,1H3,(H,20,23). The van der Waals surface area contributed by atoms with Crippen molar-refractivity contribution in [3.8, 4) is 0 Å². The van der Waals surface area contributed by atoms with Gasteiger partial charge in [-0.3, -0.25) is 9.59 Å². The van der Waals surface area contributed by atoms with Gasteiger partial charge < -0.3 is 5.32 Å². The summed E-state index contributed by atoms with van der Waals surface area (Å²) in [5.41, 5.74) is 1.60. The summed E-state index contributed by atoms with van der Waals surface area (Å²) in [6.45, 7) is 1.47. The first kappa shape index (κ1) is 18.8. The van der Waals surface area contributed by atoms with Gasteiger partial charge in [-0.15, -0.1) is 0 Å². The van der Waals surface area contributed by atoms with E-state index in [0.717, 1.165) is 9.87 Å². The van der Waals surface area contributed by atoms with Gasteiger partial charge in [-0.25, -0.2) is 8.42 Å². The molecule has 6 nitrogen and oxygen atoms in total. The second kappa shape index (κ2) is 7.30. The zero-order valence-electron chi connectivity index (χ0n) is 14.0. The summed E-state index contributed by atoms with van der Waals surface area (Å²) in [6, 6.07) is 11.3. The van der Waals surface area contributed by atoms with Crippen LogP contribution in [0.4, 0.5) is 5.69 Å². The first-order valence-corrected chi connectivity index (χ1v) is 10.2. The van der Waals surface area contributed by atoms with Gasteiger partial charge in [0.2, 0.25) is 15.9 Å². The Morgan fingerprint density at radius 3 is 2.46 bits per heavy atom. The maximum Gasteiger partial charge on any atom is 0.243 e. The van der Waals surface area contributed by atoms with Crippen LogP contribution >= 0.6 is 15.9 Å². The Balaban J connectivity index is 2.00. The van der Waals surface area contributed by atoms with Crippen LogP contribution < -0.4 is 5.32 Å². The Kier molecular flexibility index (Phi) is 5.27. The van der Waals surface area contributed by atoms with Gasteiger partial charge in [-0.2, -0.15) is 4.31 Å². The molecule has 0 aliphatic carbocycles. The van der Waals surface area contributed by atoms with Crippen LogP contribution in [-0.4, -0.2) is 37.5 Å². The molecule has 1 heterocycles. The van der Waals surface area contributed by atoms with Gasteiger partial charge in [0.05, 0.1) is 17.1 Å². The third kappa shape index (κ3) is 3.87. The van der Waals surface area contributed by atoms with Crippen LogP contribution in [0.25, 0.3) is 0 Å². The van der Waals surface area contributed by atoms with Crippen LogP contribution in [0, 0.1) is 6.92 Å². The lowest BCUT2D eigenvalue weighted by Gasteiger charge is -2.20. The Morgan fingerprint density at radius 2 is 1.77 bits per heavy atom. The molecular weight excluding hydrogens is 420 g/mol. The SMILES string of the molecule is Cc1ccc(S(=O)(=O)N2CCC(=O)Nc3ccc(Br)cc3C(=O)C2)cc1. The van der Waals surface area contributed by atoms with Crippen molar-refractivity contribution in [2.45, 2.75) is 18.2 Å². The fourth-order valence-corrected chi connectivity index (χ4v) is 4.44. The third-order valence-corrected chi connectivity index (χ3v) is 6.48. The number of amides is 1. The molecule has 2 aromatic rings. The minimum absolute atomic E-state index is 0.0339. The minimum atomic E-state index is -3.88. The fraction of sp³-hybridized carbons (Fsp3) is 0.222. The molecule has 0 saturated heterocycles. The van der Waals surface area contributed by atoms with E-state index in [9.17, 15) is 18.0 Å². The Bertz CT molecular complexity index is 971. The van der Waals surface area contributed by atoms with Crippen LogP contribution in [0.2, 0.25) is 0 Å². The highest BCUT2D eigenvalue weighted by molar-refractivity contribution is 9.10. The van der Waals surface area contributed by atoms with Crippen LogP contribution in [0.5, 0.6) is 0 Å². The minimum Gasteiger partial charge on any atom is -0.325 e. The summed E-state index contributed by atoms with van der Waals surface area (Å²) >= 11 is 3.30. The van der Waals surface area contributed by atoms with Crippen LogP contribution in [-0.2, 0) is 14.8 Å². The average molecular weight is 437 g/mol. The molecule has 0 bridgehead atoms. The number of nitrogens with one attached hydrogen (secondary N) is 1. The van der Waals surface area contributed by atoms with Gasteiger partial charge in [0.25, 0.3) is 0 Å².